The molecule has 0 aromatic heterocycles. The molecule has 18 heavy (non-hydrogen) atoms. The Balaban J connectivity index is 3.23. The maximum Gasteiger partial charge on any atom is 0.338 e. The molecule has 1 aromatic rings. The average Bonchev–Trinajstić information content (AvgIpc) is 2.27. The van der Waals surface area contributed by atoms with E-state index in [9.17, 15) is 18.1 Å². The molecule has 1 aromatic carbocycles. The Morgan fingerprint density at radius 3 is 2.00 bits per heavy atom. The smallest absolute Gasteiger partial charge is 0.324 e. The minimum absolute atomic E-state index is 0.587. The van der Waals surface area contributed by atoms with Crippen molar-refractivity contribution in [3.05, 3.63) is 35.9 Å². The van der Waals surface area contributed by atoms with Crippen LogP contribution in [0, 0.1) is 0 Å². The number of hydrogen-bond donors (Lipinski definition) is 2. The lowest BCUT2D eigenvalue weighted by molar-refractivity contribution is -0.147. The topological polar surface area (TPSA) is 74.6 Å². The maximum atomic E-state index is 13.9. The minimum atomic E-state index is -4.97. The van der Waals surface area contributed by atoms with Crippen molar-refractivity contribution in [3.63, 3.8) is 0 Å². The van der Waals surface area contributed by atoms with Crippen molar-refractivity contribution >= 4 is 13.4 Å². The number of carbonyl (C=O) groups excluding carboxylic acids is 1. The summed E-state index contributed by atoms with van der Waals surface area (Å²) in [5.74, 6) is -5.74. The largest absolute Gasteiger partial charge is 0.338 e. The summed E-state index contributed by atoms with van der Waals surface area (Å²) in [4.78, 5) is 29.7. The zero-order valence-corrected chi connectivity index (χ0v) is 10.7. The standard InChI is InChI=1S/C11H13F2O4P/c1-10(2,18(15,16)17)9(14)11(12,13)8-6-4-3-5-7-8/h3-7H,1-2H3,(H2,15,16,17). The van der Waals surface area contributed by atoms with Gasteiger partial charge in [-0.25, -0.2) is 0 Å². The number of hydrogen-bond acceptors (Lipinski definition) is 2. The van der Waals surface area contributed by atoms with Gasteiger partial charge in [-0.15, -0.1) is 0 Å². The Morgan fingerprint density at radius 2 is 1.61 bits per heavy atom. The predicted molar refractivity (Wildman–Crippen MR) is 61.5 cm³/mol. The van der Waals surface area contributed by atoms with Crippen LogP contribution in [0.1, 0.15) is 19.4 Å². The molecule has 0 aliphatic heterocycles. The van der Waals surface area contributed by atoms with Crippen LogP contribution in [0.25, 0.3) is 0 Å². The van der Waals surface area contributed by atoms with E-state index in [0.29, 0.717) is 0 Å². The highest BCUT2D eigenvalue weighted by Crippen LogP contribution is 2.53. The zero-order valence-electron chi connectivity index (χ0n) is 9.80. The van der Waals surface area contributed by atoms with E-state index in [1.54, 1.807) is 0 Å². The summed E-state index contributed by atoms with van der Waals surface area (Å²) in [7, 11) is -4.97. The summed E-state index contributed by atoms with van der Waals surface area (Å²) >= 11 is 0. The second-order valence-corrected chi connectivity index (χ2v) is 6.58. The Bertz CT molecular complexity index is 493. The van der Waals surface area contributed by atoms with Gasteiger partial charge in [0, 0.05) is 5.56 Å². The van der Waals surface area contributed by atoms with Gasteiger partial charge < -0.3 is 9.79 Å². The normalized spacial score (nSPS) is 13.4. The van der Waals surface area contributed by atoms with Gasteiger partial charge in [0.2, 0.25) is 5.78 Å². The second-order valence-electron chi connectivity index (χ2n) is 4.37. The van der Waals surface area contributed by atoms with E-state index in [2.05, 4.69) is 0 Å². The van der Waals surface area contributed by atoms with Crippen molar-refractivity contribution < 1.29 is 27.9 Å². The molecular formula is C11H13F2O4P. The highest BCUT2D eigenvalue weighted by atomic mass is 31.2. The Labute approximate surface area is 103 Å². The first-order valence-corrected chi connectivity index (χ1v) is 6.66. The lowest BCUT2D eigenvalue weighted by Gasteiger charge is -2.28. The highest BCUT2D eigenvalue weighted by molar-refractivity contribution is 7.54. The number of rotatable bonds is 4. The van der Waals surface area contributed by atoms with E-state index in [0.717, 1.165) is 26.0 Å². The van der Waals surface area contributed by atoms with E-state index in [1.165, 1.54) is 18.2 Å². The third-order valence-electron chi connectivity index (χ3n) is 2.71. The van der Waals surface area contributed by atoms with Crippen LogP contribution in [0.2, 0.25) is 0 Å². The van der Waals surface area contributed by atoms with Crippen molar-refractivity contribution in [1.29, 1.82) is 0 Å². The molecule has 0 heterocycles. The quantitative estimate of drug-likeness (QED) is 0.829. The zero-order chi connectivity index (χ0) is 14.2. The van der Waals surface area contributed by atoms with Gasteiger partial charge in [0.05, 0.1) is 0 Å². The van der Waals surface area contributed by atoms with Gasteiger partial charge in [0.15, 0.2) is 0 Å². The Hall–Kier alpha value is -1.10. The second kappa shape index (κ2) is 4.53. The van der Waals surface area contributed by atoms with Crippen LogP contribution in [0.5, 0.6) is 0 Å². The third kappa shape index (κ3) is 2.51. The molecule has 4 nitrogen and oxygen atoms in total. The van der Waals surface area contributed by atoms with Crippen LogP contribution < -0.4 is 0 Å². The molecule has 2 N–H and O–H groups in total. The van der Waals surface area contributed by atoms with E-state index in [4.69, 9.17) is 9.79 Å². The van der Waals surface area contributed by atoms with Crippen LogP contribution in [-0.4, -0.2) is 20.7 Å². The van der Waals surface area contributed by atoms with Crippen molar-refractivity contribution in [2.24, 2.45) is 0 Å². The molecule has 0 aliphatic rings. The first kappa shape index (κ1) is 15.0. The number of benzene rings is 1. The van der Waals surface area contributed by atoms with E-state index >= 15 is 0 Å². The molecule has 100 valence electrons. The fraction of sp³-hybridized carbons (Fsp3) is 0.364. The molecule has 0 amide bonds. The number of Topliss-reactive ketones (excluding diaryl/α,β-unsaturated/α-hetero) is 1. The fourth-order valence-electron chi connectivity index (χ4n) is 1.30. The summed E-state index contributed by atoms with van der Waals surface area (Å²) in [6.07, 6.45) is 0. The van der Waals surface area contributed by atoms with Gasteiger partial charge in [-0.05, 0) is 13.8 Å². The molecule has 0 radical (unpaired) electrons. The summed E-state index contributed by atoms with van der Waals surface area (Å²) in [5.41, 5.74) is -0.587. The molecule has 0 fully saturated rings. The lowest BCUT2D eigenvalue weighted by Crippen LogP contribution is -2.42. The number of alkyl halides is 2. The summed E-state index contributed by atoms with van der Waals surface area (Å²) in [6, 6.07) is 6.21. The molecule has 0 atom stereocenters. The van der Waals surface area contributed by atoms with Crippen LogP contribution in [0.4, 0.5) is 8.78 Å². The van der Waals surface area contributed by atoms with Gasteiger partial charge in [0.25, 0.3) is 0 Å². The van der Waals surface area contributed by atoms with Crippen molar-refractivity contribution in [3.8, 4) is 0 Å². The SMILES string of the molecule is CC(C)(C(=O)C(F)(F)c1ccccc1)P(=O)(O)O. The Morgan fingerprint density at radius 1 is 1.17 bits per heavy atom. The van der Waals surface area contributed by atoms with E-state index in [1.807, 2.05) is 0 Å². The van der Waals surface area contributed by atoms with E-state index < -0.39 is 30.0 Å². The Kier molecular flexibility index (Phi) is 3.77. The monoisotopic (exact) mass is 278 g/mol. The molecule has 0 unspecified atom stereocenters. The minimum Gasteiger partial charge on any atom is -0.324 e. The van der Waals surface area contributed by atoms with Gasteiger partial charge in [-0.1, -0.05) is 30.3 Å². The number of ketones is 1. The molecule has 1 rings (SSSR count). The first-order valence-electron chi connectivity index (χ1n) is 5.05. The molecule has 0 bridgehead atoms. The van der Waals surface area contributed by atoms with Gasteiger partial charge in [0.1, 0.15) is 5.16 Å². The lowest BCUT2D eigenvalue weighted by atomic mass is 9.96. The molecular weight excluding hydrogens is 265 g/mol. The predicted octanol–water partition coefficient (Wildman–Crippen LogP) is 2.30. The van der Waals surface area contributed by atoms with Crippen molar-refractivity contribution in [2.75, 3.05) is 0 Å². The van der Waals surface area contributed by atoms with Crippen LogP contribution >= 0.6 is 7.60 Å². The average molecular weight is 278 g/mol. The molecule has 7 heteroatoms. The first-order chi connectivity index (χ1) is 8.01. The summed E-state index contributed by atoms with van der Waals surface area (Å²) < 4.78 is 38.9. The van der Waals surface area contributed by atoms with Gasteiger partial charge >= 0.3 is 13.5 Å². The third-order valence-corrected chi connectivity index (χ3v) is 4.36. The van der Waals surface area contributed by atoms with Crippen LogP contribution in [0.3, 0.4) is 0 Å². The number of carbonyl (C=O) groups is 1. The molecule has 0 saturated heterocycles. The van der Waals surface area contributed by atoms with Crippen LogP contribution in [-0.2, 0) is 15.3 Å². The highest BCUT2D eigenvalue weighted by Gasteiger charge is 2.56. The van der Waals surface area contributed by atoms with E-state index in [-0.39, 0.29) is 0 Å². The number of halogens is 2. The molecule has 0 aliphatic carbocycles. The maximum absolute atomic E-state index is 13.9. The summed E-state index contributed by atoms with van der Waals surface area (Å²) in [5, 5.41) is -2.44. The molecule has 0 saturated carbocycles. The molecule has 0 spiro atoms. The summed E-state index contributed by atoms with van der Waals surface area (Å²) in [6.45, 7) is 1.62. The van der Waals surface area contributed by atoms with Gasteiger partial charge in [-0.3, -0.25) is 9.36 Å². The van der Waals surface area contributed by atoms with Crippen molar-refractivity contribution in [2.45, 2.75) is 24.9 Å². The van der Waals surface area contributed by atoms with Gasteiger partial charge in [-0.2, -0.15) is 8.78 Å². The fourth-order valence-corrected chi connectivity index (χ4v) is 1.70. The van der Waals surface area contributed by atoms with Crippen LogP contribution in [0.15, 0.2) is 30.3 Å². The van der Waals surface area contributed by atoms with Crippen molar-refractivity contribution in [1.82, 2.24) is 0 Å².